The van der Waals surface area contributed by atoms with Crippen molar-refractivity contribution in [1.29, 1.82) is 0 Å². The fourth-order valence-corrected chi connectivity index (χ4v) is 8.56. The van der Waals surface area contributed by atoms with Crippen molar-refractivity contribution in [2.24, 2.45) is 22.7 Å². The zero-order chi connectivity index (χ0) is 35.2. The van der Waals surface area contributed by atoms with Crippen LogP contribution in [0, 0.1) is 32.8 Å². The summed E-state index contributed by atoms with van der Waals surface area (Å²) in [5, 5.41) is 55.8. The van der Waals surface area contributed by atoms with E-state index in [4.69, 9.17) is 4.74 Å². The Morgan fingerprint density at radius 1 is 1.15 bits per heavy atom. The van der Waals surface area contributed by atoms with Gasteiger partial charge in [-0.2, -0.15) is 0 Å². The zero-order valence-corrected chi connectivity index (χ0v) is 26.5. The van der Waals surface area contributed by atoms with Gasteiger partial charge in [0.05, 0.1) is 18.8 Å². The Labute approximate surface area is 274 Å². The number of halogens is 1. The van der Waals surface area contributed by atoms with Crippen LogP contribution in [0.4, 0.5) is 4.39 Å². The number of benzene rings is 1. The second-order valence-corrected chi connectivity index (χ2v) is 13.5. The number of hydrogen-bond acceptors (Lipinski definition) is 12. The third kappa shape index (κ3) is 5.51. The monoisotopic (exact) mass is 674 g/mol. The number of rotatable bonds is 11. The number of ether oxygens (including phenoxy) is 1. The lowest BCUT2D eigenvalue weighted by Crippen LogP contribution is -2.69. The molecule has 0 aromatic heterocycles. The number of nitrogens with zero attached hydrogens (tertiary/aromatic N) is 1. The first-order chi connectivity index (χ1) is 22.5. The van der Waals surface area contributed by atoms with Crippen LogP contribution in [0.2, 0.25) is 0 Å². The fourth-order valence-electron chi connectivity index (χ4n) is 8.56. The van der Waals surface area contributed by atoms with Gasteiger partial charge in [0.2, 0.25) is 5.78 Å². The summed E-state index contributed by atoms with van der Waals surface area (Å²) in [6, 6.07) is 4.24. The molecule has 3 fully saturated rings. The number of amides is 1. The second kappa shape index (κ2) is 12.8. The quantitative estimate of drug-likeness (QED) is 0.124. The number of Topliss-reactive ketones (excluding diaryl/α,β-unsaturated/α-hetero) is 1. The summed E-state index contributed by atoms with van der Waals surface area (Å²) in [6.07, 6.45) is 0.952. The average molecular weight is 675 g/mol. The first-order valence-corrected chi connectivity index (χ1v) is 15.7. The van der Waals surface area contributed by atoms with Crippen molar-refractivity contribution in [2.75, 3.05) is 19.8 Å². The Morgan fingerprint density at radius 3 is 2.48 bits per heavy atom. The van der Waals surface area contributed by atoms with Gasteiger partial charge in [0.1, 0.15) is 6.61 Å². The lowest BCUT2D eigenvalue weighted by atomic mass is 9.44. The number of aliphatic hydroxyl groups is 4. The number of aliphatic hydroxyl groups excluding tert-OH is 3. The molecule has 4 aliphatic carbocycles. The van der Waals surface area contributed by atoms with Gasteiger partial charge in [-0.1, -0.05) is 30.7 Å². The van der Waals surface area contributed by atoms with Crippen molar-refractivity contribution < 1.29 is 58.7 Å². The number of alkyl halides is 1. The largest absolute Gasteiger partial charge is 0.456 e. The highest BCUT2D eigenvalue weighted by Gasteiger charge is 2.76. The molecule has 14 nitrogen and oxygen atoms in total. The number of allylic oxidation sites excluding steroid dienone is 4. The van der Waals surface area contributed by atoms with Gasteiger partial charge in [0.15, 0.2) is 29.7 Å². The third-order valence-corrected chi connectivity index (χ3v) is 11.2. The smallest absolute Gasteiger partial charge is 0.331 e. The van der Waals surface area contributed by atoms with Crippen LogP contribution >= 0.6 is 0 Å². The van der Waals surface area contributed by atoms with Gasteiger partial charge in [0, 0.05) is 22.3 Å². The van der Waals surface area contributed by atoms with E-state index in [0.29, 0.717) is 17.6 Å². The fraction of sp³-hybridized carbons (Fsp3) is 0.576. The number of esters is 1. The number of ketones is 2. The van der Waals surface area contributed by atoms with E-state index in [0.717, 1.165) is 0 Å². The SMILES string of the molecule is C[C@]12C=CC(=O)C=C1CC[C@H]1[C@@H]3C[C@@H](O)[C@](O)(C(=O)COC(=O)C(CO)NC(=O)c4ccc(CCO[N+](=O)[O-])cc4)[C@@]3(C)C[C@H](O)[C@@]12F. The normalized spacial score (nSPS) is 35.7. The highest BCUT2D eigenvalue weighted by molar-refractivity contribution is 6.01. The van der Waals surface area contributed by atoms with Crippen molar-refractivity contribution >= 4 is 23.4 Å². The minimum atomic E-state index is -2.53. The van der Waals surface area contributed by atoms with Crippen LogP contribution in [0.5, 0.6) is 0 Å². The van der Waals surface area contributed by atoms with Crippen LogP contribution in [0.15, 0.2) is 48.1 Å². The maximum absolute atomic E-state index is 17.3. The third-order valence-electron chi connectivity index (χ3n) is 11.2. The maximum Gasteiger partial charge on any atom is 0.331 e. The molecule has 48 heavy (non-hydrogen) atoms. The molecule has 9 atom stereocenters. The molecule has 0 bridgehead atoms. The summed E-state index contributed by atoms with van der Waals surface area (Å²) >= 11 is 0. The van der Waals surface area contributed by atoms with Crippen LogP contribution in [0.3, 0.4) is 0 Å². The first kappa shape index (κ1) is 35.3. The standard InChI is InChI=1S/C33H39FN2O12/c1-30-11-9-21(38)13-20(30)7-8-22-23-14-25(39)33(44,31(23,2)15-26(40)32(22,30)34)27(41)17-47-29(43)24(16-37)35-28(42)19-5-3-18(4-6-19)10-12-48-36(45)46/h3-6,9,11,13,22-26,37,39-40,44H,7-8,10,12,14-17H2,1-2H3,(H,35,42)/t22-,23-,24?,25+,26-,30-,31-,32-,33-/m0/s1. The van der Waals surface area contributed by atoms with Crippen molar-refractivity contribution in [3.8, 4) is 0 Å². The summed E-state index contributed by atoms with van der Waals surface area (Å²) in [4.78, 5) is 65.7. The second-order valence-electron chi connectivity index (χ2n) is 13.5. The molecule has 1 unspecified atom stereocenters. The number of hydrogen-bond donors (Lipinski definition) is 5. The topological polar surface area (TPSA) is 223 Å². The number of nitrogens with one attached hydrogen (secondary N) is 1. The molecule has 3 saturated carbocycles. The van der Waals surface area contributed by atoms with E-state index in [1.54, 1.807) is 6.92 Å². The minimum Gasteiger partial charge on any atom is -0.456 e. The van der Waals surface area contributed by atoms with E-state index in [2.05, 4.69) is 10.2 Å². The summed E-state index contributed by atoms with van der Waals surface area (Å²) in [5.74, 6) is -4.98. The molecular weight excluding hydrogens is 635 g/mol. The van der Waals surface area contributed by atoms with E-state index in [1.807, 2.05) is 0 Å². The van der Waals surface area contributed by atoms with Crippen molar-refractivity contribution in [1.82, 2.24) is 5.32 Å². The molecule has 0 spiro atoms. The van der Waals surface area contributed by atoms with Crippen LogP contribution in [0.1, 0.15) is 55.5 Å². The van der Waals surface area contributed by atoms with Gasteiger partial charge in [-0.15, -0.1) is 10.1 Å². The van der Waals surface area contributed by atoms with E-state index in [1.165, 1.54) is 49.4 Å². The van der Waals surface area contributed by atoms with E-state index in [9.17, 15) is 49.7 Å². The first-order valence-electron chi connectivity index (χ1n) is 15.7. The van der Waals surface area contributed by atoms with Gasteiger partial charge in [0.25, 0.3) is 11.0 Å². The lowest BCUT2D eigenvalue weighted by Gasteiger charge is -2.62. The Kier molecular flexibility index (Phi) is 9.38. The molecule has 1 amide bonds. The molecular formula is C33H39FN2O12. The molecule has 4 aliphatic rings. The zero-order valence-electron chi connectivity index (χ0n) is 26.5. The van der Waals surface area contributed by atoms with E-state index < -0.39 is 94.6 Å². The van der Waals surface area contributed by atoms with Crippen molar-refractivity contribution in [3.63, 3.8) is 0 Å². The molecule has 15 heteroatoms. The van der Waals surface area contributed by atoms with Gasteiger partial charge in [-0.3, -0.25) is 14.4 Å². The highest BCUT2D eigenvalue weighted by atomic mass is 19.1. The molecule has 1 aromatic carbocycles. The van der Waals surface area contributed by atoms with E-state index in [-0.39, 0.29) is 37.2 Å². The Hall–Kier alpha value is -4.05. The van der Waals surface area contributed by atoms with Crippen molar-refractivity contribution in [2.45, 2.75) is 75.5 Å². The molecule has 0 aliphatic heterocycles. The van der Waals surface area contributed by atoms with E-state index >= 15 is 4.39 Å². The Balaban J connectivity index is 1.25. The van der Waals surface area contributed by atoms with Crippen molar-refractivity contribution in [3.05, 3.63) is 69.3 Å². The number of fused-ring (bicyclic) bond motifs is 5. The predicted octanol–water partition coefficient (Wildman–Crippen LogP) is 0.713. The average Bonchev–Trinajstić information content (AvgIpc) is 3.24. The minimum absolute atomic E-state index is 0.0907. The lowest BCUT2D eigenvalue weighted by molar-refractivity contribution is -0.757. The van der Waals surface area contributed by atoms with Crippen LogP contribution in [-0.4, -0.2) is 98.3 Å². The molecule has 1 aromatic rings. The molecule has 260 valence electrons. The van der Waals surface area contributed by atoms with Gasteiger partial charge in [-0.25, -0.2) is 9.18 Å². The molecule has 0 radical (unpaired) electrons. The summed E-state index contributed by atoms with van der Waals surface area (Å²) in [6.45, 7) is 0.994. The van der Waals surface area contributed by atoms with Gasteiger partial charge < -0.3 is 35.3 Å². The molecule has 5 rings (SSSR count). The summed E-state index contributed by atoms with van der Waals surface area (Å²) < 4.78 is 22.4. The maximum atomic E-state index is 17.3. The Bertz CT molecular complexity index is 1560. The highest BCUT2D eigenvalue weighted by Crippen LogP contribution is 2.69. The predicted molar refractivity (Wildman–Crippen MR) is 162 cm³/mol. The summed E-state index contributed by atoms with van der Waals surface area (Å²) in [7, 11) is 0. The Morgan fingerprint density at radius 2 is 1.83 bits per heavy atom. The van der Waals surface area contributed by atoms with Crippen LogP contribution < -0.4 is 5.32 Å². The summed E-state index contributed by atoms with van der Waals surface area (Å²) in [5.41, 5.74) is -6.33. The number of carbonyl (C=O) groups is 4. The van der Waals surface area contributed by atoms with Crippen LogP contribution in [0.25, 0.3) is 0 Å². The van der Waals surface area contributed by atoms with Crippen LogP contribution in [-0.2, 0) is 30.4 Å². The van der Waals surface area contributed by atoms with Gasteiger partial charge in [-0.05, 0) is 74.8 Å². The number of carbonyl (C=O) groups excluding carboxylic acids is 4. The molecule has 0 heterocycles. The van der Waals surface area contributed by atoms with Gasteiger partial charge >= 0.3 is 5.97 Å². The molecule has 0 saturated heterocycles. The molecule has 5 N–H and O–H groups in total.